The van der Waals surface area contributed by atoms with Crippen LogP contribution in [0.15, 0.2) is 83.8 Å². The average molecular weight is 331 g/mol. The van der Waals surface area contributed by atoms with Gasteiger partial charge in [0, 0.05) is 4.90 Å². The molecule has 3 aromatic carbocycles. The fraction of sp³-hybridized carbons (Fsp3) is 0.100. The van der Waals surface area contributed by atoms with Gasteiger partial charge in [-0.2, -0.15) is 0 Å². The fourth-order valence-electron chi connectivity index (χ4n) is 2.77. The summed E-state index contributed by atoms with van der Waals surface area (Å²) in [5.41, 5.74) is 4.44. The van der Waals surface area contributed by atoms with E-state index in [1.54, 1.807) is 11.8 Å². The molecule has 24 heavy (non-hydrogen) atoms. The Morgan fingerprint density at radius 2 is 1.67 bits per heavy atom. The van der Waals surface area contributed by atoms with Crippen LogP contribution in [-0.2, 0) is 0 Å². The van der Waals surface area contributed by atoms with Gasteiger partial charge in [0.25, 0.3) is 0 Å². The second-order valence-corrected chi connectivity index (χ2v) is 6.87. The molecule has 4 rings (SSSR count). The van der Waals surface area contributed by atoms with Crippen LogP contribution in [0.4, 0.5) is 0 Å². The predicted molar refractivity (Wildman–Crippen MR) is 99.1 cm³/mol. The van der Waals surface area contributed by atoms with Crippen LogP contribution in [0.3, 0.4) is 0 Å². The number of aryl methyl sites for hydroxylation is 1. The minimum absolute atomic E-state index is 0.0414. The van der Waals surface area contributed by atoms with E-state index in [4.69, 9.17) is 0 Å². The lowest BCUT2D eigenvalue weighted by molar-refractivity contribution is 0.655. The van der Waals surface area contributed by atoms with Gasteiger partial charge in [0.05, 0.1) is 5.52 Å². The molecule has 0 aliphatic rings. The Bertz CT molecular complexity index is 963. The molecule has 3 nitrogen and oxygen atoms in total. The maximum Gasteiger partial charge on any atom is 0.129 e. The fourth-order valence-corrected chi connectivity index (χ4v) is 3.88. The van der Waals surface area contributed by atoms with E-state index in [-0.39, 0.29) is 5.37 Å². The van der Waals surface area contributed by atoms with E-state index in [0.717, 1.165) is 11.0 Å². The van der Waals surface area contributed by atoms with E-state index in [1.165, 1.54) is 16.0 Å². The van der Waals surface area contributed by atoms with Gasteiger partial charge in [-0.25, -0.2) is 4.68 Å². The molecule has 118 valence electrons. The van der Waals surface area contributed by atoms with Gasteiger partial charge in [-0.05, 0) is 36.8 Å². The molecule has 0 aliphatic heterocycles. The predicted octanol–water partition coefficient (Wildman–Crippen LogP) is 5.08. The molecule has 0 saturated carbocycles. The van der Waals surface area contributed by atoms with Crippen molar-refractivity contribution < 1.29 is 0 Å². The second kappa shape index (κ2) is 6.49. The third-order valence-corrected chi connectivity index (χ3v) is 5.16. The van der Waals surface area contributed by atoms with Crippen molar-refractivity contribution in [2.24, 2.45) is 0 Å². The minimum atomic E-state index is 0.0414. The maximum atomic E-state index is 4.44. The van der Waals surface area contributed by atoms with Crippen molar-refractivity contribution in [2.45, 2.75) is 17.2 Å². The summed E-state index contributed by atoms with van der Waals surface area (Å²) in [5.74, 6) is 0. The van der Waals surface area contributed by atoms with E-state index < -0.39 is 0 Å². The molecule has 0 aliphatic carbocycles. The van der Waals surface area contributed by atoms with E-state index in [2.05, 4.69) is 71.8 Å². The Kier molecular flexibility index (Phi) is 4.05. The monoisotopic (exact) mass is 331 g/mol. The van der Waals surface area contributed by atoms with Crippen molar-refractivity contribution in [1.82, 2.24) is 15.0 Å². The lowest BCUT2D eigenvalue weighted by atomic mass is 10.1. The summed E-state index contributed by atoms with van der Waals surface area (Å²) in [7, 11) is 0. The lowest BCUT2D eigenvalue weighted by Gasteiger charge is -2.18. The number of para-hydroxylation sites is 1. The molecule has 0 radical (unpaired) electrons. The van der Waals surface area contributed by atoms with Crippen LogP contribution in [0.25, 0.3) is 11.0 Å². The highest BCUT2D eigenvalue weighted by atomic mass is 32.2. The largest absolute Gasteiger partial charge is 0.227 e. The minimum Gasteiger partial charge on any atom is -0.227 e. The zero-order valence-electron chi connectivity index (χ0n) is 13.3. The highest BCUT2D eigenvalue weighted by Gasteiger charge is 2.19. The lowest BCUT2D eigenvalue weighted by Crippen LogP contribution is -2.09. The van der Waals surface area contributed by atoms with Gasteiger partial charge in [0.15, 0.2) is 0 Å². The molecule has 1 unspecified atom stereocenters. The normalized spacial score (nSPS) is 12.4. The number of rotatable bonds is 4. The van der Waals surface area contributed by atoms with Crippen molar-refractivity contribution in [2.75, 3.05) is 0 Å². The van der Waals surface area contributed by atoms with Crippen LogP contribution in [0.1, 0.15) is 16.5 Å². The number of benzene rings is 3. The Balaban J connectivity index is 1.83. The van der Waals surface area contributed by atoms with Crippen molar-refractivity contribution in [3.05, 3.63) is 90.0 Å². The smallest absolute Gasteiger partial charge is 0.129 e. The molecule has 0 amide bonds. The first-order valence-electron chi connectivity index (χ1n) is 7.89. The highest BCUT2D eigenvalue weighted by Crippen LogP contribution is 2.37. The maximum absolute atomic E-state index is 4.44. The number of hydrogen-bond acceptors (Lipinski definition) is 3. The number of hydrogen-bond donors (Lipinski definition) is 0. The summed E-state index contributed by atoms with van der Waals surface area (Å²) in [6.07, 6.45) is 0. The summed E-state index contributed by atoms with van der Waals surface area (Å²) < 4.78 is 2.02. The Morgan fingerprint density at radius 3 is 2.50 bits per heavy atom. The Hall–Kier alpha value is -2.59. The summed E-state index contributed by atoms with van der Waals surface area (Å²) >= 11 is 1.78. The van der Waals surface area contributed by atoms with Gasteiger partial charge in [-0.15, -0.1) is 5.10 Å². The van der Waals surface area contributed by atoms with E-state index in [1.807, 2.05) is 28.9 Å². The number of thioether (sulfide) groups is 1. The SMILES string of the molecule is Cc1cccc(C(Sc2ccccc2)n2nnc3ccccc32)c1. The molecule has 1 heterocycles. The molecule has 0 N–H and O–H groups in total. The third kappa shape index (κ3) is 2.93. The molecule has 0 fully saturated rings. The third-order valence-electron chi connectivity index (χ3n) is 3.92. The van der Waals surface area contributed by atoms with Crippen LogP contribution >= 0.6 is 11.8 Å². The van der Waals surface area contributed by atoms with E-state index in [0.29, 0.717) is 0 Å². The summed E-state index contributed by atoms with van der Waals surface area (Å²) in [5, 5.41) is 8.81. The highest BCUT2D eigenvalue weighted by molar-refractivity contribution is 7.99. The van der Waals surface area contributed by atoms with Crippen LogP contribution in [0, 0.1) is 6.92 Å². The van der Waals surface area contributed by atoms with E-state index >= 15 is 0 Å². The molecular formula is C20H17N3S. The molecular weight excluding hydrogens is 314 g/mol. The molecule has 0 spiro atoms. The first-order chi connectivity index (χ1) is 11.8. The summed E-state index contributed by atoms with van der Waals surface area (Å²) in [6, 6.07) is 27.1. The number of nitrogens with zero attached hydrogens (tertiary/aromatic N) is 3. The number of aromatic nitrogens is 3. The second-order valence-electron chi connectivity index (χ2n) is 5.72. The Labute approximate surface area is 145 Å². The Morgan fingerprint density at radius 1 is 0.875 bits per heavy atom. The molecule has 1 aromatic heterocycles. The standard InChI is InChI=1S/C20H17N3S/c1-15-8-7-9-16(14-15)20(24-17-10-3-2-4-11-17)23-19-13-6-5-12-18(19)21-22-23/h2-14,20H,1H3. The number of fused-ring (bicyclic) bond motifs is 1. The van der Waals surface area contributed by atoms with Crippen molar-refractivity contribution in [3.8, 4) is 0 Å². The van der Waals surface area contributed by atoms with Crippen LogP contribution in [0.5, 0.6) is 0 Å². The first-order valence-corrected chi connectivity index (χ1v) is 8.77. The molecule has 4 aromatic rings. The van der Waals surface area contributed by atoms with Gasteiger partial charge in [0.2, 0.25) is 0 Å². The zero-order chi connectivity index (χ0) is 16.4. The van der Waals surface area contributed by atoms with Crippen molar-refractivity contribution >= 4 is 22.8 Å². The molecule has 0 saturated heterocycles. The zero-order valence-corrected chi connectivity index (χ0v) is 14.1. The molecule has 4 heteroatoms. The van der Waals surface area contributed by atoms with Gasteiger partial charge in [-0.1, -0.05) is 77.1 Å². The van der Waals surface area contributed by atoms with Crippen LogP contribution in [-0.4, -0.2) is 15.0 Å². The average Bonchev–Trinajstić information content (AvgIpc) is 3.04. The van der Waals surface area contributed by atoms with Gasteiger partial charge >= 0.3 is 0 Å². The van der Waals surface area contributed by atoms with Crippen molar-refractivity contribution in [1.29, 1.82) is 0 Å². The first kappa shape index (κ1) is 15.0. The van der Waals surface area contributed by atoms with Crippen LogP contribution < -0.4 is 0 Å². The van der Waals surface area contributed by atoms with Crippen molar-refractivity contribution in [3.63, 3.8) is 0 Å². The van der Waals surface area contributed by atoms with Crippen LogP contribution in [0.2, 0.25) is 0 Å². The van der Waals surface area contributed by atoms with Gasteiger partial charge in [0.1, 0.15) is 10.9 Å². The molecule has 1 atom stereocenters. The van der Waals surface area contributed by atoms with Gasteiger partial charge < -0.3 is 0 Å². The summed E-state index contributed by atoms with van der Waals surface area (Å²) in [4.78, 5) is 1.21. The molecule has 0 bridgehead atoms. The van der Waals surface area contributed by atoms with E-state index in [9.17, 15) is 0 Å². The summed E-state index contributed by atoms with van der Waals surface area (Å²) in [6.45, 7) is 2.12. The topological polar surface area (TPSA) is 30.7 Å². The van der Waals surface area contributed by atoms with Gasteiger partial charge in [-0.3, -0.25) is 0 Å². The quantitative estimate of drug-likeness (QED) is 0.489.